The van der Waals surface area contributed by atoms with E-state index in [0.717, 1.165) is 25.3 Å². The van der Waals surface area contributed by atoms with Gasteiger partial charge in [-0.1, -0.05) is 36.0 Å². The van der Waals surface area contributed by atoms with Crippen LogP contribution in [0.15, 0.2) is 17.0 Å². The Kier molecular flexibility index (Phi) is 4.59. The maximum atomic E-state index is 11.9. The van der Waals surface area contributed by atoms with Crippen LogP contribution >= 0.6 is 23.2 Å². The molecule has 0 aromatic heterocycles. The Morgan fingerprint density at radius 1 is 1.35 bits per heavy atom. The van der Waals surface area contributed by atoms with Crippen LogP contribution < -0.4 is 5.14 Å². The van der Waals surface area contributed by atoms with Crippen molar-refractivity contribution in [1.29, 1.82) is 0 Å². The number of nitrogens with two attached hydrogens (primary N) is 1. The van der Waals surface area contributed by atoms with Gasteiger partial charge in [0.2, 0.25) is 10.0 Å². The molecule has 0 atom stereocenters. The number of primary sulfonamides is 1. The molecule has 1 aromatic carbocycles. The zero-order chi connectivity index (χ0) is 14.9. The van der Waals surface area contributed by atoms with Gasteiger partial charge in [-0.2, -0.15) is 0 Å². The summed E-state index contributed by atoms with van der Waals surface area (Å²) in [6.07, 6.45) is 3.09. The average molecular weight is 338 g/mol. The number of benzene rings is 1. The fourth-order valence-corrected chi connectivity index (χ4v) is 3.19. The molecule has 0 heterocycles. The quantitative estimate of drug-likeness (QED) is 0.836. The highest BCUT2D eigenvalue weighted by Gasteiger charge is 2.25. The minimum Gasteiger partial charge on any atom is -0.462 e. The molecular formula is C12H13Cl2NO4S. The Morgan fingerprint density at radius 2 is 2.00 bits per heavy atom. The summed E-state index contributed by atoms with van der Waals surface area (Å²) < 4.78 is 27.8. The summed E-state index contributed by atoms with van der Waals surface area (Å²) in [7, 11) is -4.03. The molecule has 110 valence electrons. The SMILES string of the molecule is NS(=O)(=O)c1ccc(Cl)c(C(=O)OCCC2CC2)c1Cl. The summed E-state index contributed by atoms with van der Waals surface area (Å²) in [4.78, 5) is 11.6. The van der Waals surface area contributed by atoms with Crippen LogP contribution in [0.2, 0.25) is 10.0 Å². The lowest BCUT2D eigenvalue weighted by Gasteiger charge is -2.10. The number of ether oxygens (including phenoxy) is 1. The summed E-state index contributed by atoms with van der Waals surface area (Å²) >= 11 is 11.8. The van der Waals surface area contributed by atoms with Crippen LogP contribution in [0, 0.1) is 5.92 Å². The Morgan fingerprint density at radius 3 is 2.55 bits per heavy atom. The Bertz CT molecular complexity index is 641. The number of esters is 1. The van der Waals surface area contributed by atoms with E-state index in [2.05, 4.69) is 0 Å². The van der Waals surface area contributed by atoms with Crippen LogP contribution in [0.5, 0.6) is 0 Å². The van der Waals surface area contributed by atoms with E-state index in [-0.39, 0.29) is 27.1 Å². The maximum absolute atomic E-state index is 11.9. The van der Waals surface area contributed by atoms with Gasteiger partial charge in [-0.15, -0.1) is 0 Å². The zero-order valence-corrected chi connectivity index (χ0v) is 12.8. The molecule has 1 aliphatic carbocycles. The molecule has 20 heavy (non-hydrogen) atoms. The van der Waals surface area contributed by atoms with E-state index in [1.54, 1.807) is 0 Å². The highest BCUT2D eigenvalue weighted by atomic mass is 35.5. The molecule has 2 N–H and O–H groups in total. The van der Waals surface area contributed by atoms with E-state index >= 15 is 0 Å². The highest BCUT2D eigenvalue weighted by molar-refractivity contribution is 7.89. The summed E-state index contributed by atoms with van der Waals surface area (Å²) in [5, 5.41) is 4.74. The van der Waals surface area contributed by atoms with Crippen molar-refractivity contribution in [2.24, 2.45) is 11.1 Å². The van der Waals surface area contributed by atoms with Gasteiger partial charge in [-0.05, 0) is 24.5 Å². The number of hydrogen-bond donors (Lipinski definition) is 1. The van der Waals surface area contributed by atoms with Gasteiger partial charge in [0.1, 0.15) is 4.90 Å². The predicted molar refractivity (Wildman–Crippen MR) is 75.5 cm³/mol. The number of rotatable bonds is 5. The van der Waals surface area contributed by atoms with Crippen LogP contribution in [0.1, 0.15) is 29.6 Å². The molecule has 0 spiro atoms. The smallest absolute Gasteiger partial charge is 0.341 e. The highest BCUT2D eigenvalue weighted by Crippen LogP contribution is 2.33. The third kappa shape index (κ3) is 3.63. The van der Waals surface area contributed by atoms with Gasteiger partial charge in [0.15, 0.2) is 0 Å². The van der Waals surface area contributed by atoms with E-state index in [4.69, 9.17) is 33.1 Å². The largest absolute Gasteiger partial charge is 0.462 e. The van der Waals surface area contributed by atoms with Crippen molar-refractivity contribution in [3.8, 4) is 0 Å². The van der Waals surface area contributed by atoms with E-state index in [1.807, 2.05) is 0 Å². The predicted octanol–water partition coefficient (Wildman–Crippen LogP) is 2.60. The summed E-state index contributed by atoms with van der Waals surface area (Å²) in [5.41, 5.74) is -0.171. The number of carbonyl (C=O) groups excluding carboxylic acids is 1. The van der Waals surface area contributed by atoms with Gasteiger partial charge in [0.25, 0.3) is 0 Å². The summed E-state index contributed by atoms with van der Waals surface area (Å²) in [5.74, 6) is -0.129. The van der Waals surface area contributed by atoms with Crippen molar-refractivity contribution in [1.82, 2.24) is 0 Å². The molecule has 2 rings (SSSR count). The molecule has 0 bridgehead atoms. The molecule has 1 aliphatic rings. The van der Waals surface area contributed by atoms with Gasteiger partial charge in [0.05, 0.1) is 22.2 Å². The van der Waals surface area contributed by atoms with Crippen molar-refractivity contribution in [3.63, 3.8) is 0 Å². The minimum atomic E-state index is -4.03. The molecule has 0 unspecified atom stereocenters. The standard InChI is InChI=1S/C12H13Cl2NO4S/c13-8-3-4-9(20(15,17)18)11(14)10(8)12(16)19-6-5-7-1-2-7/h3-4,7H,1-2,5-6H2,(H2,15,17,18). The zero-order valence-electron chi connectivity index (χ0n) is 10.4. The van der Waals surface area contributed by atoms with Crippen LogP contribution in [0.3, 0.4) is 0 Å². The second-order valence-electron chi connectivity index (χ2n) is 4.65. The first-order chi connectivity index (χ1) is 9.30. The number of sulfonamides is 1. The van der Waals surface area contributed by atoms with Gasteiger partial charge >= 0.3 is 5.97 Å². The molecule has 1 fully saturated rings. The van der Waals surface area contributed by atoms with Crippen molar-refractivity contribution >= 4 is 39.2 Å². The average Bonchev–Trinajstić information content (AvgIpc) is 3.11. The van der Waals surface area contributed by atoms with Crippen LogP contribution in [-0.4, -0.2) is 21.0 Å². The topological polar surface area (TPSA) is 86.5 Å². The molecule has 0 radical (unpaired) electrons. The fourth-order valence-electron chi connectivity index (χ4n) is 1.74. The van der Waals surface area contributed by atoms with Crippen molar-refractivity contribution in [2.45, 2.75) is 24.2 Å². The Labute approximate surface area is 127 Å². The fraction of sp³-hybridized carbons (Fsp3) is 0.417. The van der Waals surface area contributed by atoms with E-state index in [1.165, 1.54) is 6.07 Å². The minimum absolute atomic E-state index is 0.0267. The second kappa shape index (κ2) is 5.89. The Hall–Kier alpha value is -0.820. The third-order valence-corrected chi connectivity index (χ3v) is 4.80. The first-order valence-electron chi connectivity index (χ1n) is 5.98. The molecule has 1 aromatic rings. The molecule has 1 saturated carbocycles. The van der Waals surface area contributed by atoms with E-state index < -0.39 is 16.0 Å². The van der Waals surface area contributed by atoms with Crippen molar-refractivity contribution in [2.75, 3.05) is 6.61 Å². The van der Waals surface area contributed by atoms with E-state index in [0.29, 0.717) is 5.92 Å². The summed E-state index contributed by atoms with van der Waals surface area (Å²) in [6.45, 7) is 0.260. The summed E-state index contributed by atoms with van der Waals surface area (Å²) in [6, 6.07) is 2.41. The molecule has 5 nitrogen and oxygen atoms in total. The number of hydrogen-bond acceptors (Lipinski definition) is 4. The molecule has 0 aliphatic heterocycles. The molecule has 0 saturated heterocycles. The first kappa shape index (κ1) is 15.6. The first-order valence-corrected chi connectivity index (χ1v) is 8.29. The number of carbonyl (C=O) groups is 1. The lowest BCUT2D eigenvalue weighted by molar-refractivity contribution is 0.0495. The van der Waals surface area contributed by atoms with Gasteiger partial charge in [-0.3, -0.25) is 0 Å². The van der Waals surface area contributed by atoms with Crippen molar-refractivity contribution < 1.29 is 17.9 Å². The van der Waals surface area contributed by atoms with Crippen LogP contribution in [0.4, 0.5) is 0 Å². The monoisotopic (exact) mass is 337 g/mol. The lowest BCUT2D eigenvalue weighted by atomic mass is 10.2. The Balaban J connectivity index is 2.22. The number of halogens is 2. The van der Waals surface area contributed by atoms with E-state index in [9.17, 15) is 13.2 Å². The third-order valence-electron chi connectivity index (χ3n) is 3.02. The normalized spacial score (nSPS) is 15.2. The van der Waals surface area contributed by atoms with Crippen molar-refractivity contribution in [3.05, 3.63) is 27.7 Å². The molecular weight excluding hydrogens is 325 g/mol. The van der Waals surface area contributed by atoms with Gasteiger partial charge < -0.3 is 4.74 Å². The van der Waals surface area contributed by atoms with Gasteiger partial charge in [0, 0.05) is 0 Å². The molecule has 0 amide bonds. The maximum Gasteiger partial charge on any atom is 0.341 e. The lowest BCUT2D eigenvalue weighted by Crippen LogP contribution is -2.15. The second-order valence-corrected chi connectivity index (χ2v) is 6.96. The van der Waals surface area contributed by atoms with Crippen LogP contribution in [-0.2, 0) is 14.8 Å². The molecule has 8 heteroatoms. The van der Waals surface area contributed by atoms with Gasteiger partial charge in [-0.25, -0.2) is 18.4 Å². The van der Waals surface area contributed by atoms with Crippen LogP contribution in [0.25, 0.3) is 0 Å².